The number of hydrogen-bond acceptors (Lipinski definition) is 1. The third-order valence-electron chi connectivity index (χ3n) is 2.80. The molecule has 2 heteroatoms. The van der Waals surface area contributed by atoms with Crippen molar-refractivity contribution in [2.24, 2.45) is 0 Å². The van der Waals surface area contributed by atoms with E-state index in [9.17, 15) is 0 Å². The van der Waals surface area contributed by atoms with Crippen molar-refractivity contribution in [1.82, 2.24) is 0 Å². The molecule has 0 spiro atoms. The molecule has 2 aromatic carbocycles. The Morgan fingerprint density at radius 3 is 1.94 bits per heavy atom. The Bertz CT molecular complexity index is 598. The molecule has 0 aliphatic heterocycles. The summed E-state index contributed by atoms with van der Waals surface area (Å²) in [7, 11) is 0. The zero-order chi connectivity index (χ0) is 11.5. The highest BCUT2D eigenvalue weighted by Crippen LogP contribution is 2.34. The molecule has 0 saturated carbocycles. The molecule has 1 aromatic heterocycles. The van der Waals surface area contributed by atoms with E-state index in [2.05, 4.69) is 72.1 Å². The Kier molecular flexibility index (Phi) is 4.24. The van der Waals surface area contributed by atoms with Gasteiger partial charge >= 0.3 is 0 Å². The van der Waals surface area contributed by atoms with Gasteiger partial charge < -0.3 is 0 Å². The van der Waals surface area contributed by atoms with Crippen LogP contribution in [0.2, 0.25) is 0 Å². The van der Waals surface area contributed by atoms with Crippen LogP contribution in [0.1, 0.15) is 0 Å². The summed E-state index contributed by atoms with van der Waals surface area (Å²) in [6, 6.07) is 23.4. The molecule has 0 amide bonds. The van der Waals surface area contributed by atoms with Gasteiger partial charge in [-0.15, -0.1) is 11.3 Å². The van der Waals surface area contributed by atoms with Crippen LogP contribution in [0.25, 0.3) is 21.6 Å². The minimum atomic E-state index is 0. The second-order valence-corrected chi connectivity index (χ2v) is 4.84. The lowest BCUT2D eigenvalue weighted by Gasteiger charge is -2.07. The standard InChI is InChI=1S/C16H12S.H2S/c1-2-7-13(8-3-1)14-9-4-5-10-15(14)16-11-6-12-17-16;/h1-12H;1H2. The molecule has 18 heavy (non-hydrogen) atoms. The van der Waals surface area contributed by atoms with E-state index in [1.165, 1.54) is 21.6 Å². The number of hydrogen-bond donors (Lipinski definition) is 0. The molecule has 90 valence electrons. The molecular formula is C16H14S2. The second-order valence-electron chi connectivity index (χ2n) is 3.89. The minimum Gasteiger partial charge on any atom is -0.197 e. The van der Waals surface area contributed by atoms with Crippen LogP contribution in [-0.4, -0.2) is 0 Å². The van der Waals surface area contributed by atoms with Crippen molar-refractivity contribution in [3.8, 4) is 21.6 Å². The van der Waals surface area contributed by atoms with E-state index in [0.717, 1.165) is 0 Å². The lowest BCUT2D eigenvalue weighted by atomic mass is 9.99. The van der Waals surface area contributed by atoms with Crippen LogP contribution in [-0.2, 0) is 0 Å². The first-order chi connectivity index (χ1) is 8.45. The van der Waals surface area contributed by atoms with Gasteiger partial charge in [0, 0.05) is 4.88 Å². The second kappa shape index (κ2) is 5.89. The third-order valence-corrected chi connectivity index (χ3v) is 3.70. The first-order valence-corrected chi connectivity index (χ1v) is 6.51. The highest BCUT2D eigenvalue weighted by atomic mass is 32.1. The van der Waals surface area contributed by atoms with Gasteiger partial charge in [-0.1, -0.05) is 60.7 Å². The van der Waals surface area contributed by atoms with E-state index in [1.807, 2.05) is 0 Å². The molecule has 0 unspecified atom stereocenters. The van der Waals surface area contributed by atoms with Gasteiger partial charge in [0.05, 0.1) is 0 Å². The van der Waals surface area contributed by atoms with Crippen LogP contribution in [0.15, 0.2) is 72.1 Å². The van der Waals surface area contributed by atoms with Crippen molar-refractivity contribution in [3.63, 3.8) is 0 Å². The van der Waals surface area contributed by atoms with Gasteiger partial charge in [-0.05, 0) is 28.1 Å². The molecule has 3 aromatic rings. The van der Waals surface area contributed by atoms with Gasteiger partial charge in [0.1, 0.15) is 0 Å². The molecule has 1 heterocycles. The summed E-state index contributed by atoms with van der Waals surface area (Å²) in [5, 5.41) is 2.12. The van der Waals surface area contributed by atoms with Gasteiger partial charge in [-0.3, -0.25) is 0 Å². The van der Waals surface area contributed by atoms with Crippen LogP contribution in [0.5, 0.6) is 0 Å². The first-order valence-electron chi connectivity index (χ1n) is 5.63. The molecule has 0 aliphatic rings. The molecule has 0 atom stereocenters. The number of benzene rings is 2. The minimum absolute atomic E-state index is 0. The summed E-state index contributed by atoms with van der Waals surface area (Å²) in [5.41, 5.74) is 3.89. The van der Waals surface area contributed by atoms with Gasteiger partial charge in [0.15, 0.2) is 0 Å². The Hall–Kier alpha value is -1.51. The lowest BCUT2D eigenvalue weighted by Crippen LogP contribution is -1.81. The Morgan fingerprint density at radius 1 is 0.611 bits per heavy atom. The average molecular weight is 270 g/mol. The van der Waals surface area contributed by atoms with Crippen LogP contribution in [0.4, 0.5) is 0 Å². The molecule has 0 nitrogen and oxygen atoms in total. The number of rotatable bonds is 2. The first kappa shape index (κ1) is 12.9. The third kappa shape index (κ3) is 2.50. The summed E-state index contributed by atoms with van der Waals surface area (Å²) in [4.78, 5) is 1.32. The molecule has 0 bridgehead atoms. The number of thiophene rings is 1. The lowest BCUT2D eigenvalue weighted by molar-refractivity contribution is 1.62. The summed E-state index contributed by atoms with van der Waals surface area (Å²) in [6.45, 7) is 0. The molecular weight excluding hydrogens is 256 g/mol. The van der Waals surface area contributed by atoms with Crippen molar-refractivity contribution in [2.75, 3.05) is 0 Å². The Balaban J connectivity index is 0.00000120. The maximum Gasteiger partial charge on any atom is 0.0348 e. The zero-order valence-corrected chi connectivity index (χ0v) is 11.7. The maximum absolute atomic E-state index is 2.19. The summed E-state index contributed by atoms with van der Waals surface area (Å²) >= 11 is 1.78. The molecule has 0 radical (unpaired) electrons. The monoisotopic (exact) mass is 270 g/mol. The Morgan fingerprint density at radius 2 is 1.28 bits per heavy atom. The average Bonchev–Trinajstić information content (AvgIpc) is 2.94. The van der Waals surface area contributed by atoms with Gasteiger partial charge in [-0.25, -0.2) is 0 Å². The smallest absolute Gasteiger partial charge is 0.0348 e. The van der Waals surface area contributed by atoms with Crippen molar-refractivity contribution in [1.29, 1.82) is 0 Å². The highest BCUT2D eigenvalue weighted by molar-refractivity contribution is 7.59. The fourth-order valence-corrected chi connectivity index (χ4v) is 2.77. The fraction of sp³-hybridized carbons (Fsp3) is 0. The van der Waals surface area contributed by atoms with Crippen molar-refractivity contribution < 1.29 is 0 Å². The van der Waals surface area contributed by atoms with E-state index in [4.69, 9.17) is 0 Å². The van der Waals surface area contributed by atoms with Gasteiger partial charge in [0.25, 0.3) is 0 Å². The van der Waals surface area contributed by atoms with Crippen molar-refractivity contribution in [2.45, 2.75) is 0 Å². The normalized spacial score (nSPS) is 9.78. The predicted molar refractivity (Wildman–Crippen MR) is 85.6 cm³/mol. The van der Waals surface area contributed by atoms with E-state index in [0.29, 0.717) is 0 Å². The summed E-state index contributed by atoms with van der Waals surface area (Å²) in [6.07, 6.45) is 0. The highest BCUT2D eigenvalue weighted by Gasteiger charge is 2.06. The van der Waals surface area contributed by atoms with E-state index < -0.39 is 0 Å². The van der Waals surface area contributed by atoms with Crippen LogP contribution < -0.4 is 0 Å². The molecule has 0 aliphatic carbocycles. The van der Waals surface area contributed by atoms with E-state index >= 15 is 0 Å². The van der Waals surface area contributed by atoms with Crippen LogP contribution in [0, 0.1) is 0 Å². The van der Waals surface area contributed by atoms with Crippen LogP contribution in [0.3, 0.4) is 0 Å². The molecule has 0 fully saturated rings. The van der Waals surface area contributed by atoms with E-state index in [1.54, 1.807) is 11.3 Å². The topological polar surface area (TPSA) is 0 Å². The Labute approximate surface area is 118 Å². The molecule has 0 N–H and O–H groups in total. The molecule has 3 rings (SSSR count). The summed E-state index contributed by atoms with van der Waals surface area (Å²) < 4.78 is 0. The maximum atomic E-state index is 2.19. The molecule has 0 saturated heterocycles. The summed E-state index contributed by atoms with van der Waals surface area (Å²) in [5.74, 6) is 0. The van der Waals surface area contributed by atoms with Gasteiger partial charge in [0.2, 0.25) is 0 Å². The van der Waals surface area contributed by atoms with Crippen LogP contribution >= 0.6 is 24.8 Å². The van der Waals surface area contributed by atoms with Crippen molar-refractivity contribution in [3.05, 3.63) is 72.1 Å². The van der Waals surface area contributed by atoms with Gasteiger partial charge in [-0.2, -0.15) is 13.5 Å². The quantitative estimate of drug-likeness (QED) is 0.601. The van der Waals surface area contributed by atoms with E-state index in [-0.39, 0.29) is 13.5 Å². The fourth-order valence-electron chi connectivity index (χ4n) is 2.00. The van der Waals surface area contributed by atoms with Crippen molar-refractivity contribution >= 4 is 24.8 Å². The largest absolute Gasteiger partial charge is 0.197 e. The SMILES string of the molecule is S.c1ccc(-c2ccccc2-c2cccs2)cc1. The zero-order valence-electron chi connectivity index (χ0n) is 9.84. The predicted octanol–water partition coefficient (Wildman–Crippen LogP) is 5.19.